The number of ether oxygens (including phenoxy) is 1. The van der Waals surface area contributed by atoms with Crippen LogP contribution in [0.3, 0.4) is 0 Å². The molecule has 0 N–H and O–H groups in total. The van der Waals surface area contributed by atoms with Crippen molar-refractivity contribution in [2.45, 2.75) is 42.9 Å². The fourth-order valence-corrected chi connectivity index (χ4v) is 4.68. The largest absolute Gasteiger partial charge is 0.486 e. The first-order valence-electron chi connectivity index (χ1n) is 9.60. The van der Waals surface area contributed by atoms with Crippen LogP contribution in [0.2, 0.25) is 0 Å². The number of Topliss-reactive ketones (excluding diaryl/α,β-unsaturated/α-hetero) is 1. The van der Waals surface area contributed by atoms with Crippen molar-refractivity contribution >= 4 is 17.5 Å². The summed E-state index contributed by atoms with van der Waals surface area (Å²) in [7, 11) is 0. The van der Waals surface area contributed by atoms with Crippen LogP contribution in [0.25, 0.3) is 0 Å². The van der Waals surface area contributed by atoms with Crippen molar-refractivity contribution in [3.05, 3.63) is 53.2 Å². The van der Waals surface area contributed by atoms with Gasteiger partial charge in [0.15, 0.2) is 5.78 Å². The fraction of sp³-hybridized carbons (Fsp3) is 0.409. The van der Waals surface area contributed by atoms with Crippen molar-refractivity contribution in [2.75, 3.05) is 19.3 Å². The normalized spacial score (nSPS) is 22.2. The van der Waals surface area contributed by atoms with Gasteiger partial charge in [0.25, 0.3) is 0 Å². The number of pyridine rings is 1. The molecule has 28 heavy (non-hydrogen) atoms. The molecule has 3 heterocycles. The van der Waals surface area contributed by atoms with Gasteiger partial charge < -0.3 is 4.74 Å². The SMILES string of the molecule is CSc1nc(CN2CCCC3(CC2)CC(=O)c2ccccc2O3)ccc1C#N. The summed E-state index contributed by atoms with van der Waals surface area (Å²) in [5, 5.41) is 9.96. The van der Waals surface area contributed by atoms with E-state index in [-0.39, 0.29) is 11.4 Å². The quantitative estimate of drug-likeness (QED) is 0.733. The molecule has 1 aromatic carbocycles. The van der Waals surface area contributed by atoms with E-state index < -0.39 is 0 Å². The number of carbonyl (C=O) groups excluding carboxylic acids is 1. The number of nitrogens with zero attached hydrogens (tertiary/aromatic N) is 3. The monoisotopic (exact) mass is 393 g/mol. The average molecular weight is 394 g/mol. The first-order valence-corrected chi connectivity index (χ1v) is 10.8. The second kappa shape index (κ2) is 7.94. The van der Waals surface area contributed by atoms with Crippen molar-refractivity contribution < 1.29 is 9.53 Å². The second-order valence-electron chi connectivity index (χ2n) is 7.48. The molecule has 2 aromatic rings. The lowest BCUT2D eigenvalue weighted by Crippen LogP contribution is -2.42. The summed E-state index contributed by atoms with van der Waals surface area (Å²) in [6, 6.07) is 13.6. The van der Waals surface area contributed by atoms with E-state index >= 15 is 0 Å². The first-order chi connectivity index (χ1) is 13.6. The maximum absolute atomic E-state index is 12.6. The van der Waals surface area contributed by atoms with Crippen LogP contribution in [0.4, 0.5) is 0 Å². The van der Waals surface area contributed by atoms with Gasteiger partial charge in [-0.25, -0.2) is 4.98 Å². The van der Waals surface area contributed by atoms with Gasteiger partial charge in [0.1, 0.15) is 22.4 Å². The van der Waals surface area contributed by atoms with Crippen LogP contribution >= 0.6 is 11.8 Å². The third-order valence-electron chi connectivity index (χ3n) is 5.60. The van der Waals surface area contributed by atoms with Gasteiger partial charge in [0.2, 0.25) is 0 Å². The molecule has 2 aliphatic heterocycles. The van der Waals surface area contributed by atoms with Gasteiger partial charge in [-0.15, -0.1) is 11.8 Å². The number of nitriles is 1. The summed E-state index contributed by atoms with van der Waals surface area (Å²) < 4.78 is 6.37. The molecule has 0 amide bonds. The molecule has 0 radical (unpaired) electrons. The highest BCUT2D eigenvalue weighted by molar-refractivity contribution is 7.98. The van der Waals surface area contributed by atoms with Crippen LogP contribution in [-0.4, -0.2) is 40.6 Å². The van der Waals surface area contributed by atoms with E-state index in [4.69, 9.17) is 4.74 Å². The second-order valence-corrected chi connectivity index (χ2v) is 8.28. The fourth-order valence-electron chi connectivity index (χ4n) is 4.14. The summed E-state index contributed by atoms with van der Waals surface area (Å²) in [6.07, 6.45) is 5.11. The van der Waals surface area contributed by atoms with E-state index in [9.17, 15) is 10.1 Å². The Labute approximate surface area is 169 Å². The lowest BCUT2D eigenvalue weighted by molar-refractivity contribution is 0.0298. The number of carbonyl (C=O) groups is 1. The number of likely N-dealkylation sites (tertiary alicyclic amines) is 1. The van der Waals surface area contributed by atoms with Crippen LogP contribution < -0.4 is 4.74 Å². The average Bonchev–Trinajstić information content (AvgIpc) is 2.90. The number of hydrogen-bond donors (Lipinski definition) is 0. The zero-order valence-corrected chi connectivity index (χ0v) is 16.8. The topological polar surface area (TPSA) is 66.2 Å². The zero-order valence-electron chi connectivity index (χ0n) is 16.0. The molecular formula is C22H23N3O2S. The predicted molar refractivity (Wildman–Crippen MR) is 109 cm³/mol. The van der Waals surface area contributed by atoms with Gasteiger partial charge in [0, 0.05) is 19.5 Å². The van der Waals surface area contributed by atoms with E-state index in [0.29, 0.717) is 17.5 Å². The highest BCUT2D eigenvalue weighted by Crippen LogP contribution is 2.39. The van der Waals surface area contributed by atoms with Crippen LogP contribution in [0.5, 0.6) is 5.75 Å². The van der Waals surface area contributed by atoms with Gasteiger partial charge in [-0.05, 0) is 49.9 Å². The Balaban J connectivity index is 1.46. The van der Waals surface area contributed by atoms with Crippen LogP contribution in [-0.2, 0) is 6.54 Å². The summed E-state index contributed by atoms with van der Waals surface area (Å²) in [5.74, 6) is 0.916. The Morgan fingerprint density at radius 2 is 2.11 bits per heavy atom. The molecule has 1 fully saturated rings. The number of hydrogen-bond acceptors (Lipinski definition) is 6. The number of para-hydroxylation sites is 1. The molecule has 1 unspecified atom stereocenters. The smallest absolute Gasteiger partial charge is 0.170 e. The minimum absolute atomic E-state index is 0.189. The number of thioether (sulfide) groups is 1. The third-order valence-corrected chi connectivity index (χ3v) is 6.30. The van der Waals surface area contributed by atoms with E-state index in [1.54, 1.807) is 0 Å². The molecule has 2 aliphatic rings. The standard InChI is InChI=1S/C22H23N3O2S/c1-28-21-16(14-23)7-8-17(24-21)15-25-11-4-9-22(10-12-25)13-19(26)18-5-2-3-6-20(18)27-22/h2-3,5-8H,4,9-13,15H2,1H3. The molecule has 1 aromatic heterocycles. The minimum Gasteiger partial charge on any atom is -0.486 e. The summed E-state index contributed by atoms with van der Waals surface area (Å²) in [6.45, 7) is 2.57. The van der Waals surface area contributed by atoms with E-state index in [2.05, 4.69) is 16.0 Å². The highest BCUT2D eigenvalue weighted by atomic mass is 32.2. The summed E-state index contributed by atoms with van der Waals surface area (Å²) >= 11 is 1.50. The Morgan fingerprint density at radius 1 is 1.25 bits per heavy atom. The van der Waals surface area contributed by atoms with Crippen LogP contribution in [0, 0.1) is 11.3 Å². The lowest BCUT2D eigenvalue weighted by Gasteiger charge is -2.37. The Morgan fingerprint density at radius 3 is 2.93 bits per heavy atom. The van der Waals surface area contributed by atoms with Gasteiger partial charge in [-0.1, -0.05) is 12.1 Å². The van der Waals surface area contributed by atoms with E-state index in [0.717, 1.165) is 55.4 Å². The molecule has 4 rings (SSSR count). The van der Waals surface area contributed by atoms with Crippen LogP contribution in [0.1, 0.15) is 47.3 Å². The summed E-state index contributed by atoms with van der Waals surface area (Å²) in [5.41, 5.74) is 1.92. The van der Waals surface area contributed by atoms with Crippen molar-refractivity contribution in [2.24, 2.45) is 0 Å². The van der Waals surface area contributed by atoms with Crippen molar-refractivity contribution in [3.63, 3.8) is 0 Å². The maximum Gasteiger partial charge on any atom is 0.170 e. The molecule has 1 spiro atoms. The Kier molecular flexibility index (Phi) is 5.38. The minimum atomic E-state index is -0.386. The third kappa shape index (κ3) is 3.78. The molecule has 5 nitrogen and oxygen atoms in total. The van der Waals surface area contributed by atoms with Gasteiger partial charge in [-0.2, -0.15) is 5.26 Å². The molecule has 1 atom stereocenters. The summed E-state index contributed by atoms with van der Waals surface area (Å²) in [4.78, 5) is 19.7. The first kappa shape index (κ1) is 19.0. The van der Waals surface area contributed by atoms with Gasteiger partial charge >= 0.3 is 0 Å². The van der Waals surface area contributed by atoms with E-state index in [1.807, 2.05) is 42.7 Å². The Hall–Kier alpha value is -2.36. The Bertz CT molecular complexity index is 940. The molecule has 0 bridgehead atoms. The number of rotatable bonds is 3. The maximum atomic E-state index is 12.6. The van der Waals surface area contributed by atoms with Crippen LogP contribution in [0.15, 0.2) is 41.4 Å². The zero-order chi connectivity index (χ0) is 19.6. The number of benzene rings is 1. The lowest BCUT2D eigenvalue weighted by atomic mass is 9.84. The van der Waals surface area contributed by atoms with Gasteiger partial charge in [-0.3, -0.25) is 9.69 Å². The van der Waals surface area contributed by atoms with Crippen molar-refractivity contribution in [3.8, 4) is 11.8 Å². The molecule has 0 saturated carbocycles. The van der Waals surface area contributed by atoms with E-state index in [1.165, 1.54) is 11.8 Å². The molecular weight excluding hydrogens is 370 g/mol. The van der Waals surface area contributed by atoms with Crippen molar-refractivity contribution in [1.82, 2.24) is 9.88 Å². The number of ketones is 1. The highest BCUT2D eigenvalue weighted by Gasteiger charge is 2.41. The van der Waals surface area contributed by atoms with Gasteiger partial charge in [0.05, 0.1) is 23.2 Å². The molecule has 1 saturated heterocycles. The van der Waals surface area contributed by atoms with Crippen molar-refractivity contribution in [1.29, 1.82) is 5.26 Å². The molecule has 0 aliphatic carbocycles. The number of aromatic nitrogens is 1. The molecule has 6 heteroatoms. The molecule has 144 valence electrons. The number of fused-ring (bicyclic) bond motifs is 1. The predicted octanol–water partition coefficient (Wildman–Crippen LogP) is 4.07.